The lowest BCUT2D eigenvalue weighted by molar-refractivity contribution is -0.143. The molecule has 2 aliphatic rings. The van der Waals surface area contributed by atoms with Crippen LogP contribution in [-0.2, 0) is 19.1 Å². The van der Waals surface area contributed by atoms with Gasteiger partial charge in [0.1, 0.15) is 30.4 Å². The van der Waals surface area contributed by atoms with Crippen molar-refractivity contribution >= 4 is 17.5 Å². The number of carbonyl (C=O) groups excluding carboxylic acids is 2. The number of morpholine rings is 1. The van der Waals surface area contributed by atoms with E-state index in [1.807, 2.05) is 36.4 Å². The lowest BCUT2D eigenvalue weighted by atomic mass is 9.97. The fourth-order valence-electron chi connectivity index (χ4n) is 4.85. The van der Waals surface area contributed by atoms with E-state index in [4.69, 9.17) is 28.8 Å². The summed E-state index contributed by atoms with van der Waals surface area (Å²) in [4.78, 5) is 30.5. The van der Waals surface area contributed by atoms with E-state index in [1.165, 1.54) is 12.1 Å². The van der Waals surface area contributed by atoms with Gasteiger partial charge in [-0.25, -0.2) is 5.01 Å². The third-order valence-electron chi connectivity index (χ3n) is 7.12. The van der Waals surface area contributed by atoms with Crippen LogP contribution in [0.5, 0.6) is 17.2 Å². The molecule has 1 saturated heterocycles. The first-order valence-electron chi connectivity index (χ1n) is 13.3. The predicted octanol–water partition coefficient (Wildman–Crippen LogP) is 2.20. The molecule has 2 aromatic carbocycles. The van der Waals surface area contributed by atoms with Crippen molar-refractivity contribution in [3.05, 3.63) is 53.6 Å². The van der Waals surface area contributed by atoms with Crippen LogP contribution in [0.1, 0.15) is 23.6 Å². The average molecular weight is 555 g/mol. The number of amides is 2. The van der Waals surface area contributed by atoms with Crippen LogP contribution in [0.4, 0.5) is 0 Å². The Morgan fingerprint density at radius 2 is 1.68 bits per heavy atom. The highest BCUT2D eigenvalue weighted by molar-refractivity contribution is 6.05. The van der Waals surface area contributed by atoms with Crippen LogP contribution in [0.2, 0.25) is 0 Å². The van der Waals surface area contributed by atoms with Gasteiger partial charge in [-0.2, -0.15) is 5.10 Å². The molecule has 0 saturated carbocycles. The normalized spacial score (nSPS) is 17.4. The summed E-state index contributed by atoms with van der Waals surface area (Å²) in [5.74, 6) is 1.45. The molecule has 4 rings (SSSR count). The Morgan fingerprint density at radius 1 is 0.975 bits per heavy atom. The summed E-state index contributed by atoms with van der Waals surface area (Å²) < 4.78 is 26.8. The van der Waals surface area contributed by atoms with Gasteiger partial charge in [0.25, 0.3) is 5.91 Å². The number of nitrogens with zero attached hydrogens (tertiary/aromatic N) is 4. The van der Waals surface area contributed by atoms with Crippen molar-refractivity contribution in [2.75, 3.05) is 81.0 Å². The zero-order valence-electron chi connectivity index (χ0n) is 23.6. The molecule has 2 amide bonds. The number of hydrogen-bond acceptors (Lipinski definition) is 9. The van der Waals surface area contributed by atoms with Crippen molar-refractivity contribution < 1.29 is 33.3 Å². The van der Waals surface area contributed by atoms with E-state index in [9.17, 15) is 9.59 Å². The Bertz CT molecular complexity index is 1180. The zero-order chi connectivity index (χ0) is 28.5. The second-order valence-electron chi connectivity index (χ2n) is 9.55. The highest BCUT2D eigenvalue weighted by Crippen LogP contribution is 2.36. The number of hydrogen-bond donors (Lipinski definition) is 0. The van der Waals surface area contributed by atoms with E-state index in [1.54, 1.807) is 32.3 Å². The topological polar surface area (TPSA) is 102 Å². The number of carbonyl (C=O) groups is 2. The summed E-state index contributed by atoms with van der Waals surface area (Å²) in [6.45, 7) is 3.74. The minimum absolute atomic E-state index is 0.101. The van der Waals surface area contributed by atoms with Gasteiger partial charge < -0.3 is 28.6 Å². The maximum Gasteiger partial charge on any atom is 0.262 e. The van der Waals surface area contributed by atoms with E-state index < -0.39 is 0 Å². The first-order valence-corrected chi connectivity index (χ1v) is 13.3. The monoisotopic (exact) mass is 554 g/mol. The van der Waals surface area contributed by atoms with Gasteiger partial charge in [-0.3, -0.25) is 14.5 Å². The van der Waals surface area contributed by atoms with Crippen LogP contribution in [0.3, 0.4) is 0 Å². The molecule has 0 bridgehead atoms. The first-order chi connectivity index (χ1) is 19.5. The minimum Gasteiger partial charge on any atom is -0.497 e. The number of rotatable bonds is 12. The molecular weight excluding hydrogens is 516 g/mol. The Labute approximate surface area is 235 Å². The van der Waals surface area contributed by atoms with E-state index in [0.717, 1.165) is 30.0 Å². The molecule has 2 aliphatic heterocycles. The predicted molar refractivity (Wildman–Crippen MR) is 149 cm³/mol. The SMILES string of the molecule is COCC(=O)N(CCN1CCOCC1)CC(=O)N1N=C(c2ccc(OC)cc2OC)C[C@@H]1c1ccc(OC)cc1. The fraction of sp³-hybridized carbons (Fsp3) is 0.483. The molecule has 2 heterocycles. The molecule has 0 aromatic heterocycles. The lowest BCUT2D eigenvalue weighted by Gasteiger charge is -2.31. The van der Waals surface area contributed by atoms with E-state index >= 15 is 0 Å². The fourth-order valence-corrected chi connectivity index (χ4v) is 4.85. The van der Waals surface area contributed by atoms with Crippen LogP contribution < -0.4 is 14.2 Å². The van der Waals surface area contributed by atoms with Crippen molar-refractivity contribution in [1.29, 1.82) is 0 Å². The van der Waals surface area contributed by atoms with Gasteiger partial charge in [0, 0.05) is 51.3 Å². The van der Waals surface area contributed by atoms with E-state index in [2.05, 4.69) is 4.90 Å². The minimum atomic E-state index is -0.362. The summed E-state index contributed by atoms with van der Waals surface area (Å²) in [6.07, 6.45) is 0.473. The number of ether oxygens (including phenoxy) is 5. The van der Waals surface area contributed by atoms with Crippen LogP contribution in [-0.4, -0.2) is 113 Å². The number of hydrazone groups is 1. The maximum absolute atomic E-state index is 13.8. The van der Waals surface area contributed by atoms with Gasteiger partial charge in [-0.1, -0.05) is 12.1 Å². The molecule has 216 valence electrons. The second kappa shape index (κ2) is 14.1. The van der Waals surface area contributed by atoms with Crippen LogP contribution >= 0.6 is 0 Å². The van der Waals surface area contributed by atoms with Gasteiger partial charge in [0.15, 0.2) is 0 Å². The summed E-state index contributed by atoms with van der Waals surface area (Å²) in [5.41, 5.74) is 2.39. The summed E-state index contributed by atoms with van der Waals surface area (Å²) in [7, 11) is 6.27. The van der Waals surface area contributed by atoms with Gasteiger partial charge in [0.2, 0.25) is 5.91 Å². The first kappa shape index (κ1) is 29.3. The lowest BCUT2D eigenvalue weighted by Crippen LogP contribution is -2.47. The van der Waals surface area contributed by atoms with Gasteiger partial charge in [-0.05, 0) is 29.8 Å². The molecule has 11 heteroatoms. The largest absolute Gasteiger partial charge is 0.497 e. The van der Waals surface area contributed by atoms with Crippen molar-refractivity contribution in [2.45, 2.75) is 12.5 Å². The molecule has 0 radical (unpaired) electrons. The van der Waals surface area contributed by atoms with Crippen molar-refractivity contribution in [2.24, 2.45) is 5.10 Å². The quantitative estimate of drug-likeness (QED) is 0.394. The van der Waals surface area contributed by atoms with Gasteiger partial charge >= 0.3 is 0 Å². The smallest absolute Gasteiger partial charge is 0.262 e. The molecule has 0 spiro atoms. The van der Waals surface area contributed by atoms with Crippen LogP contribution in [0.25, 0.3) is 0 Å². The van der Waals surface area contributed by atoms with Crippen molar-refractivity contribution in [3.8, 4) is 17.2 Å². The molecule has 1 fully saturated rings. The van der Waals surface area contributed by atoms with Gasteiger partial charge in [-0.15, -0.1) is 0 Å². The van der Waals surface area contributed by atoms with E-state index in [-0.39, 0.29) is 31.0 Å². The molecule has 11 nitrogen and oxygen atoms in total. The number of methoxy groups -OCH3 is 4. The highest BCUT2D eigenvalue weighted by Gasteiger charge is 2.35. The highest BCUT2D eigenvalue weighted by atomic mass is 16.5. The molecule has 0 unspecified atom stereocenters. The van der Waals surface area contributed by atoms with Gasteiger partial charge in [0.05, 0.1) is 46.3 Å². The average Bonchev–Trinajstić information content (AvgIpc) is 3.45. The van der Waals surface area contributed by atoms with E-state index in [0.29, 0.717) is 49.9 Å². The Balaban J connectivity index is 1.60. The summed E-state index contributed by atoms with van der Waals surface area (Å²) >= 11 is 0. The van der Waals surface area contributed by atoms with Crippen LogP contribution in [0.15, 0.2) is 47.6 Å². The molecular formula is C29H38N4O7. The molecule has 2 aromatic rings. The molecule has 40 heavy (non-hydrogen) atoms. The molecule has 0 N–H and O–H groups in total. The number of benzene rings is 2. The maximum atomic E-state index is 13.8. The Morgan fingerprint density at radius 3 is 2.33 bits per heavy atom. The standard InChI is InChI=1S/C29H38N4O7/c1-36-20-29(35)32(12-11-31-13-15-40-16-14-31)19-28(34)33-26(21-5-7-22(37-2)8-6-21)18-25(30-33)24-10-9-23(38-3)17-27(24)39-4/h5-10,17,26H,11-16,18-20H2,1-4H3/t26-/m1/s1. The van der Waals surface area contributed by atoms with Crippen molar-refractivity contribution in [1.82, 2.24) is 14.8 Å². The second-order valence-corrected chi connectivity index (χ2v) is 9.55. The molecule has 1 atom stereocenters. The Kier molecular flexibility index (Phi) is 10.3. The summed E-state index contributed by atoms with van der Waals surface area (Å²) in [5, 5.41) is 6.27. The molecule has 0 aliphatic carbocycles. The third kappa shape index (κ3) is 7.09. The Hall–Kier alpha value is -3.67. The van der Waals surface area contributed by atoms with Crippen molar-refractivity contribution in [3.63, 3.8) is 0 Å². The zero-order valence-corrected chi connectivity index (χ0v) is 23.6. The third-order valence-corrected chi connectivity index (χ3v) is 7.12. The van der Waals surface area contributed by atoms with Crippen LogP contribution in [0, 0.1) is 0 Å². The summed E-state index contributed by atoms with van der Waals surface area (Å²) in [6, 6.07) is 12.7.